The van der Waals surface area contributed by atoms with E-state index in [0.717, 1.165) is 43.3 Å². The molecule has 2 aromatic heterocycles. The highest BCUT2D eigenvalue weighted by Gasteiger charge is 2.47. The van der Waals surface area contributed by atoms with Crippen LogP contribution in [-0.4, -0.2) is 93.7 Å². The fraction of sp³-hybridized carbons (Fsp3) is 0.429. The van der Waals surface area contributed by atoms with Crippen molar-refractivity contribution >= 4 is 5.69 Å². The van der Waals surface area contributed by atoms with Crippen LogP contribution in [0.3, 0.4) is 0 Å². The highest BCUT2D eigenvalue weighted by atomic mass is 19.1. The Kier molecular flexibility index (Phi) is 8.38. The zero-order chi connectivity index (χ0) is 25.6. The zero-order valence-electron chi connectivity index (χ0n) is 20.8. The van der Waals surface area contributed by atoms with E-state index in [1.54, 1.807) is 24.5 Å². The summed E-state index contributed by atoms with van der Waals surface area (Å²) in [5, 5.41) is 21.1. The fourth-order valence-corrected chi connectivity index (χ4v) is 5.39. The number of aromatic nitrogens is 2. The van der Waals surface area contributed by atoms with Crippen molar-refractivity contribution in [3.8, 4) is 0 Å². The van der Waals surface area contributed by atoms with Crippen molar-refractivity contribution in [2.75, 3.05) is 44.2 Å². The van der Waals surface area contributed by atoms with E-state index in [1.165, 1.54) is 12.1 Å². The van der Waals surface area contributed by atoms with E-state index in [4.69, 9.17) is 4.74 Å². The molecule has 3 aromatic rings. The van der Waals surface area contributed by atoms with Crippen molar-refractivity contribution < 1.29 is 19.3 Å². The number of hydrogen-bond donors (Lipinski definition) is 2. The van der Waals surface area contributed by atoms with Crippen molar-refractivity contribution in [1.29, 1.82) is 0 Å². The topological polar surface area (TPSA) is 85.2 Å². The second kappa shape index (κ2) is 12.1. The van der Waals surface area contributed by atoms with Crippen molar-refractivity contribution in [2.45, 2.75) is 37.4 Å². The molecule has 0 spiro atoms. The number of anilines is 1. The van der Waals surface area contributed by atoms with Gasteiger partial charge in [-0.15, -0.1) is 0 Å². The second-order valence-corrected chi connectivity index (χ2v) is 9.69. The third-order valence-corrected chi connectivity index (χ3v) is 7.23. The molecule has 8 nitrogen and oxygen atoms in total. The first-order valence-electron chi connectivity index (χ1n) is 12.8. The van der Waals surface area contributed by atoms with Gasteiger partial charge in [0.05, 0.1) is 30.1 Å². The average molecular weight is 508 g/mol. The third kappa shape index (κ3) is 6.31. The lowest BCUT2D eigenvalue weighted by Crippen LogP contribution is -2.57. The molecule has 37 heavy (non-hydrogen) atoms. The summed E-state index contributed by atoms with van der Waals surface area (Å²) in [5.41, 5.74) is 2.88. The molecule has 2 aliphatic heterocycles. The van der Waals surface area contributed by atoms with Gasteiger partial charge in [-0.1, -0.05) is 12.1 Å². The molecule has 4 atom stereocenters. The van der Waals surface area contributed by atoms with Gasteiger partial charge < -0.3 is 19.8 Å². The number of pyridine rings is 2. The number of halogens is 1. The number of benzene rings is 1. The molecule has 0 bridgehead atoms. The minimum absolute atomic E-state index is 0.232. The molecule has 196 valence electrons. The Morgan fingerprint density at radius 1 is 0.865 bits per heavy atom. The quantitative estimate of drug-likeness (QED) is 0.455. The van der Waals surface area contributed by atoms with E-state index < -0.39 is 12.2 Å². The second-order valence-electron chi connectivity index (χ2n) is 9.69. The Hall–Kier alpha value is -2.95. The van der Waals surface area contributed by atoms with Gasteiger partial charge in [-0.05, 0) is 48.5 Å². The van der Waals surface area contributed by atoms with Crippen LogP contribution in [0.2, 0.25) is 0 Å². The molecule has 1 aromatic carbocycles. The summed E-state index contributed by atoms with van der Waals surface area (Å²) < 4.78 is 19.6. The predicted molar refractivity (Wildman–Crippen MR) is 138 cm³/mol. The van der Waals surface area contributed by atoms with Gasteiger partial charge in [0.15, 0.2) is 0 Å². The van der Waals surface area contributed by atoms with Gasteiger partial charge in [-0.2, -0.15) is 0 Å². The Bertz CT molecular complexity index is 1060. The van der Waals surface area contributed by atoms with Gasteiger partial charge in [0, 0.05) is 63.9 Å². The van der Waals surface area contributed by atoms with Crippen LogP contribution < -0.4 is 4.90 Å². The van der Waals surface area contributed by atoms with Crippen molar-refractivity contribution in [1.82, 2.24) is 19.8 Å². The molecule has 0 unspecified atom stereocenters. The number of hydrogen-bond acceptors (Lipinski definition) is 8. The average Bonchev–Trinajstić information content (AvgIpc) is 3.25. The van der Waals surface area contributed by atoms with Crippen molar-refractivity contribution in [3.63, 3.8) is 0 Å². The van der Waals surface area contributed by atoms with Gasteiger partial charge in [-0.3, -0.25) is 19.8 Å². The van der Waals surface area contributed by atoms with Crippen LogP contribution in [0.1, 0.15) is 11.4 Å². The van der Waals surface area contributed by atoms with Crippen LogP contribution in [0.25, 0.3) is 0 Å². The van der Waals surface area contributed by atoms with E-state index in [2.05, 4.69) is 24.7 Å². The number of rotatable bonds is 9. The summed E-state index contributed by atoms with van der Waals surface area (Å²) in [5.74, 6) is -0.243. The first-order valence-corrected chi connectivity index (χ1v) is 12.8. The summed E-state index contributed by atoms with van der Waals surface area (Å²) in [4.78, 5) is 15.7. The molecule has 5 rings (SSSR count). The maximum Gasteiger partial charge on any atom is 0.123 e. The molecule has 2 N–H and O–H groups in total. The Morgan fingerprint density at radius 2 is 1.49 bits per heavy atom. The summed E-state index contributed by atoms with van der Waals surface area (Å²) >= 11 is 0. The van der Waals surface area contributed by atoms with E-state index in [9.17, 15) is 14.6 Å². The van der Waals surface area contributed by atoms with E-state index >= 15 is 0 Å². The number of piperazine rings is 1. The molecular formula is C28H34FN5O3. The monoisotopic (exact) mass is 507 g/mol. The van der Waals surface area contributed by atoms with Crippen LogP contribution in [0.5, 0.6) is 0 Å². The molecule has 2 fully saturated rings. The lowest BCUT2D eigenvalue weighted by molar-refractivity contribution is -0.0327. The standard InChI is InChI=1S/C28H34FN5O3/c29-21-7-9-24(10-8-21)33-13-15-34(16-14-33)27-25(37-26(20-35)28(27)36)19-32(17-22-5-1-3-11-30-22)18-23-6-2-4-12-31-23/h1-12,25-28,35-36H,13-20H2/t25-,26+,27+,28-/m1/s1. The zero-order valence-corrected chi connectivity index (χ0v) is 20.8. The Morgan fingerprint density at radius 3 is 2.03 bits per heavy atom. The maximum atomic E-state index is 13.4. The molecule has 9 heteroatoms. The van der Waals surface area contributed by atoms with Crippen LogP contribution >= 0.6 is 0 Å². The Balaban J connectivity index is 1.30. The Labute approximate surface area is 216 Å². The van der Waals surface area contributed by atoms with E-state index in [1.807, 2.05) is 36.4 Å². The minimum atomic E-state index is -0.793. The minimum Gasteiger partial charge on any atom is -0.394 e. The highest BCUT2D eigenvalue weighted by Crippen LogP contribution is 2.29. The molecular weight excluding hydrogens is 473 g/mol. The summed E-state index contributed by atoms with van der Waals surface area (Å²) in [6, 6.07) is 18.1. The first kappa shape index (κ1) is 25.7. The van der Waals surface area contributed by atoms with Crippen LogP contribution in [-0.2, 0) is 17.8 Å². The molecule has 2 aliphatic rings. The van der Waals surface area contributed by atoms with Crippen molar-refractivity contribution in [2.24, 2.45) is 0 Å². The fourth-order valence-electron chi connectivity index (χ4n) is 5.39. The van der Waals surface area contributed by atoms with Crippen molar-refractivity contribution in [3.05, 3.63) is 90.3 Å². The number of aliphatic hydroxyl groups excluding tert-OH is 2. The largest absolute Gasteiger partial charge is 0.394 e. The number of nitrogens with zero attached hydrogens (tertiary/aromatic N) is 5. The summed E-state index contributed by atoms with van der Waals surface area (Å²) in [7, 11) is 0. The normalized spacial score (nSPS) is 24.6. The SMILES string of the molecule is OC[C@@H]1O[C@H](CN(Cc2ccccn2)Cc2ccccn2)[C@H](N2CCN(c3ccc(F)cc3)CC2)[C@@H]1O. The van der Waals surface area contributed by atoms with Gasteiger partial charge in [0.25, 0.3) is 0 Å². The smallest absolute Gasteiger partial charge is 0.123 e. The highest BCUT2D eigenvalue weighted by molar-refractivity contribution is 5.46. The molecule has 0 amide bonds. The maximum absolute atomic E-state index is 13.4. The van der Waals surface area contributed by atoms with Crippen LogP contribution in [0.15, 0.2) is 73.1 Å². The molecule has 0 saturated carbocycles. The molecule has 0 radical (unpaired) electrons. The lowest BCUT2D eigenvalue weighted by Gasteiger charge is -2.41. The van der Waals surface area contributed by atoms with Gasteiger partial charge in [0.2, 0.25) is 0 Å². The lowest BCUT2D eigenvalue weighted by atomic mass is 10.0. The molecule has 2 saturated heterocycles. The van der Waals surface area contributed by atoms with Crippen LogP contribution in [0, 0.1) is 5.82 Å². The number of ether oxygens (including phenoxy) is 1. The molecule has 4 heterocycles. The summed E-state index contributed by atoms with van der Waals surface area (Å²) in [6.45, 7) is 4.54. The van der Waals surface area contributed by atoms with Gasteiger partial charge >= 0.3 is 0 Å². The third-order valence-electron chi connectivity index (χ3n) is 7.23. The van der Waals surface area contributed by atoms with E-state index in [-0.39, 0.29) is 24.6 Å². The predicted octanol–water partition coefficient (Wildman–Crippen LogP) is 1.93. The van der Waals surface area contributed by atoms with E-state index in [0.29, 0.717) is 19.6 Å². The first-order chi connectivity index (χ1) is 18.1. The van der Waals surface area contributed by atoms with Gasteiger partial charge in [0.1, 0.15) is 18.0 Å². The molecule has 0 aliphatic carbocycles. The van der Waals surface area contributed by atoms with Crippen LogP contribution in [0.4, 0.5) is 10.1 Å². The van der Waals surface area contributed by atoms with Gasteiger partial charge in [-0.25, -0.2) is 4.39 Å². The number of aliphatic hydroxyl groups is 2. The summed E-state index contributed by atoms with van der Waals surface area (Å²) in [6.07, 6.45) is 1.86.